The number of ether oxygens (including phenoxy) is 1. The summed E-state index contributed by atoms with van der Waals surface area (Å²) >= 11 is 0. The third kappa shape index (κ3) is 3.44. The number of carbonyl (C=O) groups excluding carboxylic acids is 1. The topological polar surface area (TPSA) is 55.6 Å². The van der Waals surface area contributed by atoms with E-state index in [9.17, 15) is 4.79 Å². The van der Waals surface area contributed by atoms with Gasteiger partial charge in [0.25, 0.3) is 0 Å². The molecule has 0 aliphatic heterocycles. The van der Waals surface area contributed by atoms with Crippen LogP contribution in [-0.4, -0.2) is 25.7 Å². The second kappa shape index (κ2) is 6.64. The number of hydrogen-bond acceptors (Lipinski definition) is 4. The molecule has 1 aromatic carbocycles. The van der Waals surface area contributed by atoms with Gasteiger partial charge in [-0.1, -0.05) is 13.0 Å². The van der Waals surface area contributed by atoms with Crippen LogP contribution in [-0.2, 0) is 4.74 Å². The fraction of sp³-hybridized carbons (Fsp3) is 0.562. The minimum Gasteiger partial charge on any atom is -0.462 e. The Morgan fingerprint density at radius 1 is 1.40 bits per heavy atom. The first-order valence-corrected chi connectivity index (χ1v) is 7.47. The molecule has 1 aromatic rings. The summed E-state index contributed by atoms with van der Waals surface area (Å²) in [5, 5.41) is 0. The van der Waals surface area contributed by atoms with Gasteiger partial charge in [-0.15, -0.1) is 0 Å². The lowest BCUT2D eigenvalue weighted by Crippen LogP contribution is -2.29. The van der Waals surface area contributed by atoms with Gasteiger partial charge >= 0.3 is 5.97 Å². The molecule has 2 N–H and O–H groups in total. The van der Waals surface area contributed by atoms with E-state index in [0.717, 1.165) is 31.1 Å². The van der Waals surface area contributed by atoms with Crippen LogP contribution in [0.2, 0.25) is 0 Å². The van der Waals surface area contributed by atoms with Crippen molar-refractivity contribution < 1.29 is 9.53 Å². The van der Waals surface area contributed by atoms with Crippen molar-refractivity contribution in [3.05, 3.63) is 23.8 Å². The molecule has 0 radical (unpaired) electrons. The van der Waals surface area contributed by atoms with Crippen LogP contribution < -0.4 is 10.6 Å². The first-order chi connectivity index (χ1) is 9.67. The molecule has 1 aliphatic rings. The van der Waals surface area contributed by atoms with Crippen molar-refractivity contribution in [2.75, 3.05) is 30.3 Å². The second-order valence-electron chi connectivity index (χ2n) is 5.35. The van der Waals surface area contributed by atoms with Crippen molar-refractivity contribution >= 4 is 17.3 Å². The number of anilines is 2. The van der Waals surface area contributed by atoms with E-state index in [0.29, 0.717) is 17.9 Å². The minimum atomic E-state index is -0.285. The van der Waals surface area contributed by atoms with E-state index in [1.165, 1.54) is 12.8 Å². The summed E-state index contributed by atoms with van der Waals surface area (Å²) in [7, 11) is 0. The highest BCUT2D eigenvalue weighted by Crippen LogP contribution is 2.35. The number of para-hydroxylation sites is 1. The van der Waals surface area contributed by atoms with E-state index in [1.807, 2.05) is 19.1 Å². The van der Waals surface area contributed by atoms with Gasteiger partial charge in [0, 0.05) is 13.1 Å². The molecule has 20 heavy (non-hydrogen) atoms. The van der Waals surface area contributed by atoms with E-state index >= 15 is 0 Å². The number of hydrogen-bond donors (Lipinski definition) is 1. The van der Waals surface area contributed by atoms with Gasteiger partial charge < -0.3 is 15.4 Å². The highest BCUT2D eigenvalue weighted by molar-refractivity contribution is 5.99. The zero-order chi connectivity index (χ0) is 14.5. The quantitative estimate of drug-likeness (QED) is 0.614. The first kappa shape index (κ1) is 14.7. The Bertz CT molecular complexity index is 470. The van der Waals surface area contributed by atoms with Crippen molar-refractivity contribution in [1.29, 1.82) is 0 Å². The molecule has 0 spiro atoms. The van der Waals surface area contributed by atoms with E-state index in [1.54, 1.807) is 6.07 Å². The van der Waals surface area contributed by atoms with Crippen LogP contribution >= 0.6 is 0 Å². The molecule has 4 nitrogen and oxygen atoms in total. The lowest BCUT2D eigenvalue weighted by molar-refractivity contribution is 0.0527. The Hall–Kier alpha value is -1.71. The third-order valence-electron chi connectivity index (χ3n) is 3.55. The molecule has 0 unspecified atom stereocenters. The van der Waals surface area contributed by atoms with Crippen molar-refractivity contribution in [3.8, 4) is 0 Å². The van der Waals surface area contributed by atoms with Crippen LogP contribution in [0.5, 0.6) is 0 Å². The highest BCUT2D eigenvalue weighted by atomic mass is 16.5. The monoisotopic (exact) mass is 276 g/mol. The van der Waals surface area contributed by atoms with Gasteiger partial charge in [0.15, 0.2) is 0 Å². The predicted octanol–water partition coefficient (Wildman–Crippen LogP) is 3.07. The van der Waals surface area contributed by atoms with Gasteiger partial charge in [0.05, 0.1) is 23.5 Å². The Morgan fingerprint density at radius 2 is 2.15 bits per heavy atom. The Morgan fingerprint density at radius 3 is 2.75 bits per heavy atom. The summed E-state index contributed by atoms with van der Waals surface area (Å²) in [5.74, 6) is 0.461. The molecule has 110 valence electrons. The molecule has 4 heteroatoms. The van der Waals surface area contributed by atoms with Gasteiger partial charge in [-0.25, -0.2) is 4.79 Å². The van der Waals surface area contributed by atoms with E-state index in [2.05, 4.69) is 11.8 Å². The molecule has 2 rings (SSSR count). The SMILES string of the molecule is CCCN(CC1CC1)c1c(N)cccc1C(=O)OCC. The number of esters is 1. The summed E-state index contributed by atoms with van der Waals surface area (Å²) in [6.07, 6.45) is 3.59. The Labute approximate surface area is 120 Å². The lowest BCUT2D eigenvalue weighted by Gasteiger charge is -2.27. The van der Waals surface area contributed by atoms with Crippen LogP contribution in [0.25, 0.3) is 0 Å². The maximum absolute atomic E-state index is 12.1. The molecule has 1 fully saturated rings. The number of carbonyl (C=O) groups is 1. The minimum absolute atomic E-state index is 0.285. The van der Waals surface area contributed by atoms with Crippen molar-refractivity contribution in [3.63, 3.8) is 0 Å². The highest BCUT2D eigenvalue weighted by Gasteiger charge is 2.27. The largest absolute Gasteiger partial charge is 0.462 e. The van der Waals surface area contributed by atoms with E-state index < -0.39 is 0 Å². The number of nitrogen functional groups attached to an aromatic ring is 1. The van der Waals surface area contributed by atoms with Crippen LogP contribution in [0.1, 0.15) is 43.5 Å². The molecule has 0 saturated heterocycles. The van der Waals surface area contributed by atoms with Crippen LogP contribution in [0.4, 0.5) is 11.4 Å². The molecule has 0 bridgehead atoms. The smallest absolute Gasteiger partial charge is 0.340 e. The van der Waals surface area contributed by atoms with Crippen molar-refractivity contribution in [2.45, 2.75) is 33.1 Å². The second-order valence-corrected chi connectivity index (χ2v) is 5.35. The molecule has 1 saturated carbocycles. The van der Waals surface area contributed by atoms with Gasteiger partial charge in [0.1, 0.15) is 0 Å². The normalized spacial score (nSPS) is 14.1. The summed E-state index contributed by atoms with van der Waals surface area (Å²) in [4.78, 5) is 14.4. The van der Waals surface area contributed by atoms with Gasteiger partial charge in [-0.05, 0) is 44.2 Å². The van der Waals surface area contributed by atoms with Gasteiger partial charge in [-0.2, -0.15) is 0 Å². The molecular formula is C16H24N2O2. The fourth-order valence-electron chi connectivity index (χ4n) is 2.46. The summed E-state index contributed by atoms with van der Waals surface area (Å²) < 4.78 is 5.15. The van der Waals surface area contributed by atoms with Crippen LogP contribution in [0, 0.1) is 5.92 Å². The molecular weight excluding hydrogens is 252 g/mol. The summed E-state index contributed by atoms with van der Waals surface area (Å²) in [5.41, 5.74) is 8.22. The molecule has 0 heterocycles. The zero-order valence-electron chi connectivity index (χ0n) is 12.4. The predicted molar refractivity (Wildman–Crippen MR) is 82.0 cm³/mol. The molecule has 0 atom stereocenters. The zero-order valence-corrected chi connectivity index (χ0v) is 12.4. The first-order valence-electron chi connectivity index (χ1n) is 7.47. The maximum atomic E-state index is 12.1. The number of benzene rings is 1. The standard InChI is InChI=1S/C16H24N2O2/c1-3-10-18(11-12-8-9-12)15-13(16(19)20-4-2)6-5-7-14(15)17/h5-7,12H,3-4,8-11,17H2,1-2H3. The third-order valence-corrected chi connectivity index (χ3v) is 3.55. The number of nitrogens with zero attached hydrogens (tertiary/aromatic N) is 1. The van der Waals surface area contributed by atoms with Crippen molar-refractivity contribution in [2.24, 2.45) is 5.92 Å². The van der Waals surface area contributed by atoms with E-state index in [4.69, 9.17) is 10.5 Å². The maximum Gasteiger partial charge on any atom is 0.340 e. The molecule has 0 aromatic heterocycles. The number of rotatable bonds is 7. The van der Waals surface area contributed by atoms with Crippen LogP contribution in [0.15, 0.2) is 18.2 Å². The van der Waals surface area contributed by atoms with Crippen molar-refractivity contribution in [1.82, 2.24) is 0 Å². The Balaban J connectivity index is 2.32. The lowest BCUT2D eigenvalue weighted by atomic mass is 10.1. The van der Waals surface area contributed by atoms with Gasteiger partial charge in [-0.3, -0.25) is 0 Å². The average molecular weight is 276 g/mol. The summed E-state index contributed by atoms with van der Waals surface area (Å²) in [6, 6.07) is 5.47. The number of nitrogens with two attached hydrogens (primary N) is 1. The fourth-order valence-corrected chi connectivity index (χ4v) is 2.46. The summed E-state index contributed by atoms with van der Waals surface area (Å²) in [6.45, 7) is 6.23. The molecule has 0 amide bonds. The average Bonchev–Trinajstić information content (AvgIpc) is 3.22. The van der Waals surface area contributed by atoms with Crippen LogP contribution in [0.3, 0.4) is 0 Å². The Kier molecular flexibility index (Phi) is 4.88. The van der Waals surface area contributed by atoms with E-state index in [-0.39, 0.29) is 5.97 Å². The van der Waals surface area contributed by atoms with Gasteiger partial charge in [0.2, 0.25) is 0 Å². The molecule has 1 aliphatic carbocycles.